The molecule has 3 rings (SSSR count). The summed E-state index contributed by atoms with van der Waals surface area (Å²) in [4.78, 5) is 11.2. The van der Waals surface area contributed by atoms with Gasteiger partial charge in [0.2, 0.25) is 5.95 Å². The van der Waals surface area contributed by atoms with Crippen LogP contribution in [-0.2, 0) is 6.18 Å². The van der Waals surface area contributed by atoms with Crippen LogP contribution in [0.4, 0.5) is 36.3 Å². The van der Waals surface area contributed by atoms with E-state index in [4.69, 9.17) is 4.74 Å². The van der Waals surface area contributed by atoms with Crippen LogP contribution in [0.15, 0.2) is 60.8 Å². The van der Waals surface area contributed by atoms with Gasteiger partial charge in [-0.3, -0.25) is 0 Å². The first-order valence-electron chi connectivity index (χ1n) is 9.40. The molecule has 0 unspecified atom stereocenters. The van der Waals surface area contributed by atoms with Crippen molar-refractivity contribution in [2.75, 3.05) is 23.9 Å². The minimum Gasteiger partial charge on any atom is -0.491 e. The van der Waals surface area contributed by atoms with Crippen molar-refractivity contribution in [1.29, 1.82) is 0 Å². The summed E-state index contributed by atoms with van der Waals surface area (Å²) in [5.41, 5.74) is 0.405. The van der Waals surface area contributed by atoms with E-state index < -0.39 is 11.7 Å². The minimum atomic E-state index is -4.59. The van der Waals surface area contributed by atoms with Crippen LogP contribution >= 0.6 is 0 Å². The van der Waals surface area contributed by atoms with Gasteiger partial charge < -0.3 is 14.5 Å². The summed E-state index contributed by atoms with van der Waals surface area (Å²) in [6.07, 6.45) is -3.76. The Labute approximate surface area is 173 Å². The first kappa shape index (κ1) is 21.4. The summed E-state index contributed by atoms with van der Waals surface area (Å²) in [5.74, 6) is 0.578. The molecule has 0 N–H and O–H groups in total. The lowest BCUT2D eigenvalue weighted by molar-refractivity contribution is -0.137. The van der Waals surface area contributed by atoms with Crippen LogP contribution in [-0.4, -0.2) is 30.2 Å². The van der Waals surface area contributed by atoms with Gasteiger partial charge in [-0.1, -0.05) is 18.2 Å². The number of anilines is 4. The Morgan fingerprint density at radius 3 is 2.03 bits per heavy atom. The SMILES string of the molecule is CC(C)Oc1ccc(N(C)c2nc(N(C)c3ccccc3)ncc2C(F)(F)F)cc1. The molecule has 0 aliphatic heterocycles. The number of alkyl halides is 3. The second-order valence-electron chi connectivity index (χ2n) is 7.02. The average Bonchev–Trinajstić information content (AvgIpc) is 2.72. The van der Waals surface area contributed by atoms with E-state index in [0.29, 0.717) is 11.4 Å². The van der Waals surface area contributed by atoms with Gasteiger partial charge in [-0.25, -0.2) is 4.98 Å². The molecule has 3 aromatic rings. The molecule has 0 amide bonds. The van der Waals surface area contributed by atoms with Crippen LogP contribution in [0.5, 0.6) is 5.75 Å². The van der Waals surface area contributed by atoms with Crippen molar-refractivity contribution in [1.82, 2.24) is 9.97 Å². The number of hydrogen-bond acceptors (Lipinski definition) is 5. The fraction of sp³-hybridized carbons (Fsp3) is 0.273. The van der Waals surface area contributed by atoms with E-state index in [1.165, 1.54) is 4.90 Å². The molecule has 2 aromatic carbocycles. The molecule has 0 spiro atoms. The quantitative estimate of drug-likeness (QED) is 0.507. The lowest BCUT2D eigenvalue weighted by atomic mass is 10.2. The molecular weight excluding hydrogens is 393 g/mol. The molecule has 1 aromatic heterocycles. The van der Waals surface area contributed by atoms with E-state index in [1.54, 1.807) is 43.3 Å². The van der Waals surface area contributed by atoms with Crippen LogP contribution in [0.3, 0.4) is 0 Å². The Bertz CT molecular complexity index is 976. The normalized spacial score (nSPS) is 11.5. The molecule has 0 saturated carbocycles. The summed E-state index contributed by atoms with van der Waals surface area (Å²) in [6.45, 7) is 3.81. The van der Waals surface area contributed by atoms with E-state index in [1.807, 2.05) is 44.2 Å². The maximum absolute atomic E-state index is 13.6. The molecule has 8 heteroatoms. The fourth-order valence-electron chi connectivity index (χ4n) is 2.89. The van der Waals surface area contributed by atoms with E-state index in [9.17, 15) is 13.2 Å². The number of halogens is 3. The summed E-state index contributed by atoms with van der Waals surface area (Å²) in [7, 11) is 3.25. The zero-order valence-electron chi connectivity index (χ0n) is 17.2. The predicted molar refractivity (Wildman–Crippen MR) is 112 cm³/mol. The number of benzene rings is 2. The number of ether oxygens (including phenoxy) is 1. The van der Waals surface area contributed by atoms with Crippen LogP contribution in [0.2, 0.25) is 0 Å². The van der Waals surface area contributed by atoms with Crippen LogP contribution in [0, 0.1) is 0 Å². The highest BCUT2D eigenvalue weighted by atomic mass is 19.4. The topological polar surface area (TPSA) is 41.5 Å². The maximum atomic E-state index is 13.6. The van der Waals surface area contributed by atoms with Gasteiger partial charge in [0.15, 0.2) is 5.82 Å². The van der Waals surface area contributed by atoms with E-state index in [2.05, 4.69) is 9.97 Å². The molecule has 0 fully saturated rings. The van der Waals surface area contributed by atoms with E-state index >= 15 is 0 Å². The average molecular weight is 416 g/mol. The second-order valence-corrected chi connectivity index (χ2v) is 7.02. The smallest absolute Gasteiger partial charge is 0.421 e. The molecule has 0 saturated heterocycles. The van der Waals surface area contributed by atoms with Crippen molar-refractivity contribution in [2.45, 2.75) is 26.1 Å². The van der Waals surface area contributed by atoms with Crippen LogP contribution in [0.25, 0.3) is 0 Å². The monoisotopic (exact) mass is 416 g/mol. The van der Waals surface area contributed by atoms with Gasteiger partial charge in [-0.2, -0.15) is 18.2 Å². The molecule has 5 nitrogen and oxygen atoms in total. The third kappa shape index (κ3) is 4.82. The zero-order valence-corrected chi connectivity index (χ0v) is 17.2. The van der Waals surface area contributed by atoms with Crippen molar-refractivity contribution in [2.24, 2.45) is 0 Å². The Kier molecular flexibility index (Phi) is 6.14. The standard InChI is InChI=1S/C22H23F3N4O/c1-15(2)30-18-12-10-17(11-13-18)28(3)20-19(22(23,24)25)14-26-21(27-20)29(4)16-8-6-5-7-9-16/h5-15H,1-4H3. The number of para-hydroxylation sites is 1. The van der Waals surface area contributed by atoms with Crippen molar-refractivity contribution < 1.29 is 17.9 Å². The molecule has 0 bridgehead atoms. The first-order chi connectivity index (χ1) is 14.2. The van der Waals surface area contributed by atoms with Crippen LogP contribution < -0.4 is 14.5 Å². The summed E-state index contributed by atoms with van der Waals surface area (Å²) in [5, 5.41) is 0. The lowest BCUT2D eigenvalue weighted by Gasteiger charge is -2.25. The van der Waals surface area contributed by atoms with Gasteiger partial charge in [0.25, 0.3) is 0 Å². The molecule has 30 heavy (non-hydrogen) atoms. The number of rotatable bonds is 6. The van der Waals surface area contributed by atoms with E-state index in [0.717, 1.165) is 11.9 Å². The highest BCUT2D eigenvalue weighted by molar-refractivity contribution is 5.66. The van der Waals surface area contributed by atoms with E-state index in [-0.39, 0.29) is 17.9 Å². The van der Waals surface area contributed by atoms with Gasteiger partial charge >= 0.3 is 6.18 Å². The number of hydrogen-bond donors (Lipinski definition) is 0. The highest BCUT2D eigenvalue weighted by Crippen LogP contribution is 2.38. The largest absolute Gasteiger partial charge is 0.491 e. The van der Waals surface area contributed by atoms with Crippen molar-refractivity contribution >= 4 is 23.1 Å². The van der Waals surface area contributed by atoms with Gasteiger partial charge in [0.1, 0.15) is 11.3 Å². The highest BCUT2D eigenvalue weighted by Gasteiger charge is 2.37. The van der Waals surface area contributed by atoms with Gasteiger partial charge in [0.05, 0.1) is 6.10 Å². The summed E-state index contributed by atoms with van der Waals surface area (Å²) < 4.78 is 46.5. The Morgan fingerprint density at radius 2 is 1.47 bits per heavy atom. The second kappa shape index (κ2) is 8.61. The Morgan fingerprint density at radius 1 is 0.867 bits per heavy atom. The molecule has 1 heterocycles. The first-order valence-corrected chi connectivity index (χ1v) is 9.40. The minimum absolute atomic E-state index is 0.00311. The molecule has 158 valence electrons. The van der Waals surface area contributed by atoms with Gasteiger partial charge in [0, 0.05) is 31.7 Å². The fourth-order valence-corrected chi connectivity index (χ4v) is 2.89. The number of aromatic nitrogens is 2. The van der Waals surface area contributed by atoms with Crippen molar-refractivity contribution in [3.8, 4) is 5.75 Å². The van der Waals surface area contributed by atoms with Crippen molar-refractivity contribution in [3.63, 3.8) is 0 Å². The lowest BCUT2D eigenvalue weighted by Crippen LogP contribution is -2.21. The molecule has 0 aliphatic carbocycles. The molecule has 0 radical (unpaired) electrons. The molecule has 0 atom stereocenters. The summed E-state index contributed by atoms with van der Waals surface area (Å²) >= 11 is 0. The van der Waals surface area contributed by atoms with Crippen LogP contribution in [0.1, 0.15) is 19.4 Å². The predicted octanol–water partition coefficient (Wildman–Crippen LogP) is 5.82. The molecule has 0 aliphatic rings. The molecular formula is C22H23F3N4O. The Hall–Kier alpha value is -3.29. The summed E-state index contributed by atoms with van der Waals surface area (Å²) in [6, 6.07) is 16.0. The van der Waals surface area contributed by atoms with Gasteiger partial charge in [-0.15, -0.1) is 0 Å². The van der Waals surface area contributed by atoms with Crippen molar-refractivity contribution in [3.05, 3.63) is 66.4 Å². The number of nitrogens with zero attached hydrogens (tertiary/aromatic N) is 4. The third-order valence-electron chi connectivity index (χ3n) is 4.42. The zero-order chi connectivity index (χ0) is 21.9. The maximum Gasteiger partial charge on any atom is 0.421 e. The van der Waals surface area contributed by atoms with Gasteiger partial charge in [-0.05, 0) is 50.2 Å². The third-order valence-corrected chi connectivity index (χ3v) is 4.42. The Balaban J connectivity index is 2.00.